The number of allylic oxidation sites excluding steroid dienone is 6. The van der Waals surface area contributed by atoms with Gasteiger partial charge in [0.25, 0.3) is 0 Å². The molecule has 0 radical (unpaired) electrons. The summed E-state index contributed by atoms with van der Waals surface area (Å²) < 4.78 is 4.64. The molecule has 0 spiro atoms. The molecular formula is C26H23NO7. The van der Waals surface area contributed by atoms with Crippen molar-refractivity contribution in [2.45, 2.75) is 32.6 Å². The molecule has 4 aliphatic rings. The topological polar surface area (TPSA) is 118 Å². The van der Waals surface area contributed by atoms with E-state index >= 15 is 0 Å². The fourth-order valence-electron chi connectivity index (χ4n) is 5.90. The summed E-state index contributed by atoms with van der Waals surface area (Å²) in [6.45, 7) is 3.33. The van der Waals surface area contributed by atoms with Gasteiger partial charge in [0.1, 0.15) is 5.75 Å². The molecule has 5 rings (SSSR count). The van der Waals surface area contributed by atoms with Crippen LogP contribution in [0.25, 0.3) is 0 Å². The number of methoxy groups -OCH3 is 1. The van der Waals surface area contributed by atoms with E-state index < -0.39 is 41.6 Å². The molecule has 174 valence electrons. The number of imide groups is 3. The van der Waals surface area contributed by atoms with Crippen molar-refractivity contribution in [1.82, 2.24) is 4.90 Å². The van der Waals surface area contributed by atoms with Gasteiger partial charge in [-0.1, -0.05) is 29.8 Å². The van der Waals surface area contributed by atoms with Crippen LogP contribution in [0.4, 0.5) is 4.79 Å². The number of fused-ring (bicyclic) bond motifs is 3. The number of nitrogens with zero attached hydrogens (tertiary/aromatic N) is 1. The Hall–Kier alpha value is -3.81. The lowest BCUT2D eigenvalue weighted by Crippen LogP contribution is -2.40. The summed E-state index contributed by atoms with van der Waals surface area (Å²) in [5.41, 5.74) is 2.72. The molecule has 0 bridgehead atoms. The summed E-state index contributed by atoms with van der Waals surface area (Å²) in [6, 6.07) is 5.22. The lowest BCUT2D eigenvalue weighted by Gasteiger charge is -2.42. The summed E-state index contributed by atoms with van der Waals surface area (Å²) in [5, 5.41) is 10.9. The van der Waals surface area contributed by atoms with Gasteiger partial charge in [-0.25, -0.2) is 4.79 Å². The minimum atomic E-state index is -1.03. The SMILES string of the molecule is COC(=O)N1C(=O)[C@H]2[C@H](CC=C3[C@H](c4cccc(C)c4O)C4=C(C[C@H]32)C(=O)C=C(C)C4=O)C1=O. The Morgan fingerprint density at radius 1 is 1.09 bits per heavy atom. The van der Waals surface area contributed by atoms with E-state index in [2.05, 4.69) is 4.74 Å². The molecule has 8 heteroatoms. The lowest BCUT2D eigenvalue weighted by molar-refractivity contribution is -0.137. The zero-order valence-electron chi connectivity index (χ0n) is 19.0. The van der Waals surface area contributed by atoms with Crippen LogP contribution in [0.5, 0.6) is 5.75 Å². The van der Waals surface area contributed by atoms with Crippen LogP contribution >= 0.6 is 0 Å². The molecule has 1 saturated heterocycles. The zero-order valence-corrected chi connectivity index (χ0v) is 19.0. The Kier molecular flexibility index (Phi) is 4.93. The number of amides is 3. The van der Waals surface area contributed by atoms with Gasteiger partial charge in [0, 0.05) is 28.2 Å². The largest absolute Gasteiger partial charge is 0.507 e. The summed E-state index contributed by atoms with van der Waals surface area (Å²) in [5.74, 6) is -4.75. The Balaban J connectivity index is 1.70. The summed E-state index contributed by atoms with van der Waals surface area (Å²) >= 11 is 0. The number of Topliss-reactive ketones (excluding diaryl/α,β-unsaturated/α-hetero) is 1. The van der Waals surface area contributed by atoms with E-state index in [1.807, 2.05) is 6.08 Å². The van der Waals surface area contributed by atoms with Gasteiger partial charge in [0.2, 0.25) is 11.8 Å². The predicted octanol–water partition coefficient (Wildman–Crippen LogP) is 2.90. The highest BCUT2D eigenvalue weighted by Gasteiger charge is 2.58. The van der Waals surface area contributed by atoms with Crippen molar-refractivity contribution >= 4 is 29.5 Å². The molecule has 3 aliphatic carbocycles. The molecule has 1 heterocycles. The third kappa shape index (κ3) is 2.87. The first kappa shape index (κ1) is 22.0. The average Bonchev–Trinajstić information content (AvgIpc) is 3.07. The van der Waals surface area contributed by atoms with Gasteiger partial charge in [-0.05, 0) is 44.2 Å². The molecule has 1 aromatic rings. The van der Waals surface area contributed by atoms with Gasteiger partial charge in [-0.15, -0.1) is 0 Å². The van der Waals surface area contributed by atoms with E-state index in [4.69, 9.17) is 0 Å². The molecular weight excluding hydrogens is 438 g/mol. The van der Waals surface area contributed by atoms with Crippen LogP contribution < -0.4 is 0 Å². The van der Waals surface area contributed by atoms with E-state index in [9.17, 15) is 29.1 Å². The number of carbonyl (C=O) groups is 5. The molecule has 0 aromatic heterocycles. The number of likely N-dealkylation sites (tertiary alicyclic amines) is 1. The van der Waals surface area contributed by atoms with Crippen molar-refractivity contribution in [3.05, 3.63) is 63.8 Å². The molecule has 8 nitrogen and oxygen atoms in total. The van der Waals surface area contributed by atoms with Gasteiger partial charge in [-0.3, -0.25) is 19.2 Å². The maximum Gasteiger partial charge on any atom is 0.423 e. The predicted molar refractivity (Wildman–Crippen MR) is 118 cm³/mol. The number of carbonyl (C=O) groups excluding carboxylic acids is 5. The minimum absolute atomic E-state index is 0.0143. The number of rotatable bonds is 1. The normalized spacial score (nSPS) is 28.3. The number of ketones is 2. The summed E-state index contributed by atoms with van der Waals surface area (Å²) in [6.07, 6.45) is 2.41. The number of ether oxygens (including phenoxy) is 1. The van der Waals surface area contributed by atoms with Crippen molar-refractivity contribution in [3.63, 3.8) is 0 Å². The quantitative estimate of drug-likeness (QED) is 0.388. The van der Waals surface area contributed by atoms with Crippen molar-refractivity contribution < 1.29 is 33.8 Å². The maximum atomic E-state index is 13.3. The van der Waals surface area contributed by atoms with E-state index in [0.29, 0.717) is 38.3 Å². The second-order valence-electron chi connectivity index (χ2n) is 9.22. The van der Waals surface area contributed by atoms with E-state index in [-0.39, 0.29) is 30.2 Å². The van der Waals surface area contributed by atoms with Crippen molar-refractivity contribution in [2.24, 2.45) is 17.8 Å². The van der Waals surface area contributed by atoms with Crippen molar-refractivity contribution in [2.75, 3.05) is 7.11 Å². The van der Waals surface area contributed by atoms with Crippen LogP contribution in [0, 0.1) is 24.7 Å². The number of aromatic hydroxyl groups is 1. The molecule has 3 amide bonds. The summed E-state index contributed by atoms with van der Waals surface area (Å²) in [7, 11) is 1.10. The van der Waals surface area contributed by atoms with Crippen LogP contribution in [-0.2, 0) is 23.9 Å². The van der Waals surface area contributed by atoms with Crippen LogP contribution in [0.15, 0.2) is 52.6 Å². The van der Waals surface area contributed by atoms with Gasteiger partial charge in [0.05, 0.1) is 18.9 Å². The van der Waals surface area contributed by atoms with Gasteiger partial charge < -0.3 is 9.84 Å². The number of para-hydroxylation sites is 1. The van der Waals surface area contributed by atoms with Gasteiger partial charge in [-0.2, -0.15) is 4.90 Å². The smallest absolute Gasteiger partial charge is 0.423 e. The highest BCUT2D eigenvalue weighted by Crippen LogP contribution is 2.56. The molecule has 4 atom stereocenters. The van der Waals surface area contributed by atoms with E-state index in [1.54, 1.807) is 32.0 Å². The Morgan fingerprint density at radius 3 is 2.53 bits per heavy atom. The average molecular weight is 461 g/mol. The minimum Gasteiger partial charge on any atom is -0.507 e. The van der Waals surface area contributed by atoms with Crippen molar-refractivity contribution in [1.29, 1.82) is 0 Å². The van der Waals surface area contributed by atoms with Gasteiger partial charge in [0.15, 0.2) is 11.6 Å². The third-order valence-corrected chi connectivity index (χ3v) is 7.50. The molecule has 1 fully saturated rings. The van der Waals surface area contributed by atoms with Crippen LogP contribution in [-0.4, -0.2) is 46.6 Å². The highest BCUT2D eigenvalue weighted by molar-refractivity contribution is 6.24. The van der Waals surface area contributed by atoms with Crippen LogP contribution in [0.2, 0.25) is 0 Å². The monoisotopic (exact) mass is 461 g/mol. The number of benzene rings is 1. The second kappa shape index (κ2) is 7.62. The fraction of sp³-hybridized carbons (Fsp3) is 0.346. The summed E-state index contributed by atoms with van der Waals surface area (Å²) in [4.78, 5) is 65.2. The first-order valence-corrected chi connectivity index (χ1v) is 11.1. The molecule has 1 aliphatic heterocycles. The highest BCUT2D eigenvalue weighted by atomic mass is 16.5. The molecule has 0 saturated carbocycles. The number of aryl methyl sites for hydroxylation is 1. The Labute approximate surface area is 195 Å². The Morgan fingerprint density at radius 2 is 1.82 bits per heavy atom. The van der Waals surface area contributed by atoms with E-state index in [1.165, 1.54) is 6.08 Å². The number of hydrogen-bond acceptors (Lipinski definition) is 7. The number of phenolic OH excluding ortho intramolecular Hbond substituents is 1. The van der Waals surface area contributed by atoms with Crippen LogP contribution in [0.3, 0.4) is 0 Å². The molecule has 0 unspecified atom stereocenters. The second-order valence-corrected chi connectivity index (χ2v) is 9.22. The molecule has 1 aromatic carbocycles. The first-order chi connectivity index (χ1) is 16.2. The van der Waals surface area contributed by atoms with E-state index in [0.717, 1.165) is 7.11 Å². The third-order valence-electron chi connectivity index (χ3n) is 7.50. The molecule has 1 N–H and O–H groups in total. The van der Waals surface area contributed by atoms with Crippen molar-refractivity contribution in [3.8, 4) is 5.75 Å². The standard InChI is InChI=1S/C26H23NO7/c1-11-5-4-6-14(22(11)29)19-13-7-8-15-20(25(32)27(24(15)31)26(33)34-3)16(13)10-17-18(28)9-12(2)23(30)21(17)19/h4-7,9,15-16,19-20,29H,8,10H2,1-3H3/t15-,16+,19+,20-/m0/s1. The first-order valence-electron chi connectivity index (χ1n) is 11.1. The Bertz CT molecular complexity index is 1300. The number of hydrogen-bond donors (Lipinski definition) is 1. The van der Waals surface area contributed by atoms with Gasteiger partial charge >= 0.3 is 6.09 Å². The maximum absolute atomic E-state index is 13.3. The lowest BCUT2D eigenvalue weighted by atomic mass is 9.59. The van der Waals surface area contributed by atoms with Crippen LogP contribution in [0.1, 0.15) is 36.8 Å². The number of phenols is 1. The fourth-order valence-corrected chi connectivity index (χ4v) is 5.90. The molecule has 34 heavy (non-hydrogen) atoms. The zero-order chi connectivity index (χ0) is 24.5.